The molecule has 0 radical (unpaired) electrons. The largest absolute Gasteiger partial charge is 0.481 e. The molecule has 178 valence electrons. The van der Waals surface area contributed by atoms with E-state index in [9.17, 15) is 4.79 Å². The minimum absolute atomic E-state index is 0.0468. The molecule has 4 rings (SSSR count). The Morgan fingerprint density at radius 1 is 1.18 bits per heavy atom. The Balaban J connectivity index is 1.40. The van der Waals surface area contributed by atoms with Crippen molar-refractivity contribution in [1.29, 1.82) is 0 Å². The number of aromatic nitrogens is 2. The summed E-state index contributed by atoms with van der Waals surface area (Å²) in [6.45, 7) is 5.96. The van der Waals surface area contributed by atoms with Crippen LogP contribution < -0.4 is 10.6 Å². The third-order valence-corrected chi connectivity index (χ3v) is 6.74. The van der Waals surface area contributed by atoms with Crippen molar-refractivity contribution in [3.05, 3.63) is 66.0 Å². The standard InChI is InChI=1S/C27H33N5O2/c1-3-19-5-4-18(2)24(14-19)31-27(28)22-6-8-23(29-17-22)21-7-9-25(30-16-21)32-12-10-20(11-13-32)15-26(33)34/h4-9,14,16-18,20,24H,3,10-13,15H2,1-2H3,(H2,28,31)(H,33,34). The molecule has 1 saturated heterocycles. The van der Waals surface area contributed by atoms with Crippen molar-refractivity contribution in [3.63, 3.8) is 0 Å². The molecule has 2 aliphatic rings. The maximum absolute atomic E-state index is 10.9. The molecule has 2 unspecified atom stereocenters. The second kappa shape index (κ2) is 10.6. The number of hydrogen-bond acceptors (Lipinski definition) is 5. The third-order valence-electron chi connectivity index (χ3n) is 6.74. The molecule has 0 amide bonds. The molecule has 1 fully saturated rings. The van der Waals surface area contributed by atoms with E-state index in [1.807, 2.05) is 30.5 Å². The lowest BCUT2D eigenvalue weighted by Gasteiger charge is -2.32. The predicted molar refractivity (Wildman–Crippen MR) is 136 cm³/mol. The normalized spacial score (nSPS) is 21.4. The van der Waals surface area contributed by atoms with Gasteiger partial charge in [-0.15, -0.1) is 0 Å². The van der Waals surface area contributed by atoms with E-state index in [1.54, 1.807) is 6.20 Å². The number of carboxylic acid groups (broad SMARTS) is 1. The van der Waals surface area contributed by atoms with Crippen LogP contribution in [0.1, 0.15) is 45.1 Å². The molecule has 7 nitrogen and oxygen atoms in total. The number of hydrogen-bond donors (Lipinski definition) is 2. The Hall–Kier alpha value is -3.48. The van der Waals surface area contributed by atoms with E-state index in [-0.39, 0.29) is 18.4 Å². The first-order chi connectivity index (χ1) is 16.4. The van der Waals surface area contributed by atoms with Crippen molar-refractivity contribution < 1.29 is 9.90 Å². The zero-order valence-electron chi connectivity index (χ0n) is 19.9. The average Bonchev–Trinajstić information content (AvgIpc) is 2.86. The summed E-state index contributed by atoms with van der Waals surface area (Å²) in [5, 5.41) is 8.99. The predicted octanol–water partition coefficient (Wildman–Crippen LogP) is 4.45. The summed E-state index contributed by atoms with van der Waals surface area (Å²) in [5.74, 6) is 1.27. The fourth-order valence-corrected chi connectivity index (χ4v) is 4.50. The second-order valence-electron chi connectivity index (χ2n) is 9.18. The van der Waals surface area contributed by atoms with Crippen LogP contribution >= 0.6 is 0 Å². The first-order valence-corrected chi connectivity index (χ1v) is 12.0. The third kappa shape index (κ3) is 5.71. The number of amidine groups is 1. The van der Waals surface area contributed by atoms with E-state index in [2.05, 4.69) is 46.9 Å². The Bertz CT molecular complexity index is 1080. The van der Waals surface area contributed by atoms with Gasteiger partial charge in [-0.3, -0.25) is 14.8 Å². The van der Waals surface area contributed by atoms with Crippen molar-refractivity contribution >= 4 is 17.6 Å². The lowest BCUT2D eigenvalue weighted by Crippen LogP contribution is -2.34. The molecule has 1 aliphatic carbocycles. The van der Waals surface area contributed by atoms with E-state index < -0.39 is 5.97 Å². The van der Waals surface area contributed by atoms with Crippen LogP contribution in [-0.4, -0.2) is 46.0 Å². The SMILES string of the molecule is CCC1=CC(N=C(N)c2ccc(-c3ccc(N4CCC(CC(=O)O)CC4)nc3)nc2)C(C)C=C1. The molecule has 1 aliphatic heterocycles. The van der Waals surface area contributed by atoms with Gasteiger partial charge in [0.15, 0.2) is 0 Å². The first kappa shape index (κ1) is 23.7. The number of nitrogens with zero attached hydrogens (tertiary/aromatic N) is 4. The van der Waals surface area contributed by atoms with E-state index >= 15 is 0 Å². The van der Waals surface area contributed by atoms with E-state index in [0.717, 1.165) is 55.0 Å². The van der Waals surface area contributed by atoms with Crippen LogP contribution in [0.3, 0.4) is 0 Å². The number of nitrogens with two attached hydrogens (primary N) is 1. The Morgan fingerprint density at radius 3 is 2.59 bits per heavy atom. The van der Waals surface area contributed by atoms with Crippen molar-refractivity contribution in [2.75, 3.05) is 18.0 Å². The van der Waals surface area contributed by atoms with Gasteiger partial charge < -0.3 is 15.7 Å². The highest BCUT2D eigenvalue weighted by atomic mass is 16.4. The van der Waals surface area contributed by atoms with Crippen LogP contribution in [0.5, 0.6) is 0 Å². The molecule has 2 aromatic heterocycles. The van der Waals surface area contributed by atoms with Crippen molar-refractivity contribution in [3.8, 4) is 11.3 Å². The summed E-state index contributed by atoms with van der Waals surface area (Å²) in [6.07, 6.45) is 13.2. The lowest BCUT2D eigenvalue weighted by atomic mass is 9.92. The Kier molecular flexibility index (Phi) is 7.40. The summed E-state index contributed by atoms with van der Waals surface area (Å²) in [5.41, 5.74) is 10.2. The highest BCUT2D eigenvalue weighted by Crippen LogP contribution is 2.26. The molecule has 0 bridgehead atoms. The lowest BCUT2D eigenvalue weighted by molar-refractivity contribution is -0.138. The van der Waals surface area contributed by atoms with Gasteiger partial charge in [-0.2, -0.15) is 0 Å². The number of piperidine rings is 1. The van der Waals surface area contributed by atoms with Crippen molar-refractivity contribution in [1.82, 2.24) is 9.97 Å². The molecule has 0 spiro atoms. The van der Waals surface area contributed by atoms with Crippen LogP contribution in [0, 0.1) is 11.8 Å². The molecule has 0 aromatic carbocycles. The highest BCUT2D eigenvalue weighted by Gasteiger charge is 2.22. The fraction of sp³-hybridized carbons (Fsp3) is 0.407. The number of rotatable bonds is 7. The van der Waals surface area contributed by atoms with Crippen LogP contribution in [0.15, 0.2) is 65.5 Å². The van der Waals surface area contributed by atoms with Crippen molar-refractivity contribution in [2.45, 2.75) is 45.6 Å². The number of pyridine rings is 2. The summed E-state index contributed by atoms with van der Waals surface area (Å²) < 4.78 is 0. The number of carbonyl (C=O) groups is 1. The Morgan fingerprint density at radius 2 is 1.97 bits per heavy atom. The summed E-state index contributed by atoms with van der Waals surface area (Å²) in [6, 6.07) is 7.98. The van der Waals surface area contributed by atoms with Gasteiger partial charge in [0.25, 0.3) is 0 Å². The molecule has 0 saturated carbocycles. The quantitative estimate of drug-likeness (QED) is 0.468. The topological polar surface area (TPSA) is 105 Å². The van der Waals surface area contributed by atoms with Gasteiger partial charge in [0.1, 0.15) is 11.7 Å². The summed E-state index contributed by atoms with van der Waals surface area (Å²) in [7, 11) is 0. The number of aliphatic imine (C=N–C) groups is 1. The van der Waals surface area contributed by atoms with Gasteiger partial charge in [-0.25, -0.2) is 4.98 Å². The van der Waals surface area contributed by atoms with Crippen LogP contribution in [-0.2, 0) is 4.79 Å². The van der Waals surface area contributed by atoms with E-state index in [4.69, 9.17) is 15.8 Å². The Labute approximate surface area is 201 Å². The number of carboxylic acids is 1. The molecule has 3 heterocycles. The summed E-state index contributed by atoms with van der Waals surface area (Å²) >= 11 is 0. The highest BCUT2D eigenvalue weighted by molar-refractivity contribution is 5.97. The van der Waals surface area contributed by atoms with Crippen molar-refractivity contribution in [2.24, 2.45) is 22.6 Å². The van der Waals surface area contributed by atoms with Gasteiger partial charge in [-0.1, -0.05) is 37.6 Å². The van der Waals surface area contributed by atoms with Gasteiger partial charge in [0.05, 0.1) is 11.7 Å². The van der Waals surface area contributed by atoms with Gasteiger partial charge in [0.2, 0.25) is 0 Å². The molecule has 3 N–H and O–H groups in total. The van der Waals surface area contributed by atoms with E-state index in [0.29, 0.717) is 11.8 Å². The second-order valence-corrected chi connectivity index (χ2v) is 9.18. The van der Waals surface area contributed by atoms with Gasteiger partial charge >= 0.3 is 5.97 Å². The summed E-state index contributed by atoms with van der Waals surface area (Å²) in [4.78, 5) is 27.1. The molecule has 2 aromatic rings. The van der Waals surface area contributed by atoms with Crippen LogP contribution in [0.25, 0.3) is 11.3 Å². The number of allylic oxidation sites excluding steroid dienone is 2. The monoisotopic (exact) mass is 459 g/mol. The molecule has 34 heavy (non-hydrogen) atoms. The van der Waals surface area contributed by atoms with Gasteiger partial charge in [-0.05, 0) is 49.4 Å². The number of anilines is 1. The fourth-order valence-electron chi connectivity index (χ4n) is 4.50. The molecular weight excluding hydrogens is 426 g/mol. The van der Waals surface area contributed by atoms with Crippen LogP contribution in [0.4, 0.5) is 5.82 Å². The minimum atomic E-state index is -0.712. The number of aliphatic carboxylic acids is 1. The van der Waals surface area contributed by atoms with E-state index in [1.165, 1.54) is 5.57 Å². The van der Waals surface area contributed by atoms with Crippen LogP contribution in [0.2, 0.25) is 0 Å². The smallest absolute Gasteiger partial charge is 0.303 e. The molecule has 7 heteroatoms. The first-order valence-electron chi connectivity index (χ1n) is 12.0. The maximum atomic E-state index is 10.9. The van der Waals surface area contributed by atoms with Gasteiger partial charge in [0, 0.05) is 48.9 Å². The molecule has 2 atom stereocenters. The zero-order chi connectivity index (χ0) is 24.1. The zero-order valence-corrected chi connectivity index (χ0v) is 19.9. The average molecular weight is 460 g/mol. The maximum Gasteiger partial charge on any atom is 0.303 e. The minimum Gasteiger partial charge on any atom is -0.481 e. The molecular formula is C27H33N5O2.